The molecule has 4 N–H and O–H groups in total. The summed E-state index contributed by atoms with van der Waals surface area (Å²) in [6.45, 7) is 6.13. The molecule has 0 fully saturated rings. The van der Waals surface area contributed by atoms with Gasteiger partial charge in [-0.3, -0.25) is 19.8 Å². The van der Waals surface area contributed by atoms with E-state index in [9.17, 15) is 14.4 Å². The van der Waals surface area contributed by atoms with Crippen LogP contribution in [0, 0.1) is 5.92 Å². The molecule has 26 heavy (non-hydrogen) atoms. The Morgan fingerprint density at radius 1 is 0.846 bits per heavy atom. The number of primary amides is 1. The van der Waals surface area contributed by atoms with Gasteiger partial charge < -0.3 is 5.73 Å². The maximum atomic E-state index is 11.8. The standard InChI is InChI=1S/C20H39N3O3/c1-4-5-6-7-8-9-10-11-12-13-14-18(24)20(26)23-22-17(19(21)25)15-16(2)3/h16-17,22H,4-15H2,1-3H3,(H2,21,25)(H,23,26)/t17-/m0/s1. The van der Waals surface area contributed by atoms with Gasteiger partial charge in [0.05, 0.1) is 0 Å². The molecule has 0 heterocycles. The molecule has 2 amide bonds. The molecule has 0 aliphatic rings. The average molecular weight is 370 g/mol. The van der Waals surface area contributed by atoms with E-state index in [1.807, 2.05) is 13.8 Å². The minimum absolute atomic E-state index is 0.245. The molecule has 0 rings (SSSR count). The molecule has 0 saturated carbocycles. The molecule has 152 valence electrons. The fraction of sp³-hybridized carbons (Fsp3) is 0.850. The lowest BCUT2D eigenvalue weighted by Crippen LogP contribution is -2.52. The normalized spacial score (nSPS) is 12.2. The molecule has 0 radical (unpaired) electrons. The van der Waals surface area contributed by atoms with Crippen LogP contribution in [0.4, 0.5) is 0 Å². The third-order valence-corrected chi connectivity index (χ3v) is 4.42. The summed E-state index contributed by atoms with van der Waals surface area (Å²) < 4.78 is 0. The second-order valence-electron chi connectivity index (χ2n) is 7.54. The van der Waals surface area contributed by atoms with E-state index in [1.165, 1.54) is 44.9 Å². The molecular formula is C20H39N3O3. The van der Waals surface area contributed by atoms with Gasteiger partial charge in [0.2, 0.25) is 11.7 Å². The molecule has 0 aromatic heterocycles. The van der Waals surface area contributed by atoms with Gasteiger partial charge in [-0.25, -0.2) is 5.43 Å². The first-order chi connectivity index (χ1) is 12.4. The molecule has 6 nitrogen and oxygen atoms in total. The van der Waals surface area contributed by atoms with Crippen molar-refractivity contribution in [3.63, 3.8) is 0 Å². The summed E-state index contributed by atoms with van der Waals surface area (Å²) in [4.78, 5) is 34.9. The van der Waals surface area contributed by atoms with Gasteiger partial charge in [0.15, 0.2) is 0 Å². The Hall–Kier alpha value is -1.43. The van der Waals surface area contributed by atoms with Gasteiger partial charge in [0.25, 0.3) is 0 Å². The zero-order valence-corrected chi connectivity index (χ0v) is 16.9. The lowest BCUT2D eigenvalue weighted by Gasteiger charge is -2.17. The summed E-state index contributed by atoms with van der Waals surface area (Å²) in [6.07, 6.45) is 12.6. The highest BCUT2D eigenvalue weighted by atomic mass is 16.2. The van der Waals surface area contributed by atoms with Crippen LogP contribution in [0.3, 0.4) is 0 Å². The molecule has 6 heteroatoms. The van der Waals surface area contributed by atoms with Crippen LogP contribution in [0.25, 0.3) is 0 Å². The quantitative estimate of drug-likeness (QED) is 0.208. The Kier molecular flexibility index (Phi) is 14.9. The molecule has 0 spiro atoms. The Morgan fingerprint density at radius 2 is 1.35 bits per heavy atom. The van der Waals surface area contributed by atoms with Crippen molar-refractivity contribution in [2.75, 3.05) is 0 Å². The number of amides is 2. The molecule has 0 aromatic carbocycles. The molecule has 0 aliphatic carbocycles. The molecule has 1 atom stereocenters. The highest BCUT2D eigenvalue weighted by Crippen LogP contribution is 2.11. The van der Waals surface area contributed by atoms with Crippen molar-refractivity contribution in [3.05, 3.63) is 0 Å². The number of rotatable bonds is 17. The summed E-state index contributed by atoms with van der Waals surface area (Å²) in [5, 5.41) is 0. The molecule has 0 bridgehead atoms. The smallest absolute Gasteiger partial charge is 0.301 e. The molecular weight excluding hydrogens is 330 g/mol. The Morgan fingerprint density at radius 3 is 1.81 bits per heavy atom. The number of unbranched alkanes of at least 4 members (excludes halogenated alkanes) is 9. The number of carbonyl (C=O) groups is 3. The Labute approximate surface area is 159 Å². The van der Waals surface area contributed by atoms with Crippen LogP contribution in [0.2, 0.25) is 0 Å². The third-order valence-electron chi connectivity index (χ3n) is 4.42. The number of nitrogens with one attached hydrogen (secondary N) is 2. The zero-order valence-electron chi connectivity index (χ0n) is 16.9. The van der Waals surface area contributed by atoms with Crippen LogP contribution in [0.1, 0.15) is 97.8 Å². The summed E-state index contributed by atoms with van der Waals surface area (Å²) in [5.74, 6) is -1.44. The predicted molar refractivity (Wildman–Crippen MR) is 105 cm³/mol. The first kappa shape index (κ1) is 24.6. The van der Waals surface area contributed by atoms with E-state index in [1.54, 1.807) is 0 Å². The van der Waals surface area contributed by atoms with Crippen LogP contribution < -0.4 is 16.6 Å². The lowest BCUT2D eigenvalue weighted by molar-refractivity contribution is -0.139. The minimum Gasteiger partial charge on any atom is -0.368 e. The molecule has 0 unspecified atom stereocenters. The molecule has 0 saturated heterocycles. The maximum Gasteiger partial charge on any atom is 0.301 e. The third kappa shape index (κ3) is 13.8. The van der Waals surface area contributed by atoms with E-state index in [-0.39, 0.29) is 12.3 Å². The highest BCUT2D eigenvalue weighted by Gasteiger charge is 2.19. The van der Waals surface area contributed by atoms with Gasteiger partial charge in [-0.05, 0) is 18.8 Å². The van der Waals surface area contributed by atoms with Gasteiger partial charge in [0, 0.05) is 6.42 Å². The largest absolute Gasteiger partial charge is 0.368 e. The van der Waals surface area contributed by atoms with Crippen LogP contribution in [0.5, 0.6) is 0 Å². The number of Topliss-reactive ketones (excluding diaryl/α,β-unsaturated/α-hetero) is 1. The van der Waals surface area contributed by atoms with E-state index < -0.39 is 23.6 Å². The number of hydrogen-bond acceptors (Lipinski definition) is 4. The zero-order chi connectivity index (χ0) is 19.8. The van der Waals surface area contributed by atoms with Crippen LogP contribution in [-0.4, -0.2) is 23.6 Å². The number of nitrogens with two attached hydrogens (primary N) is 1. The van der Waals surface area contributed by atoms with E-state index in [2.05, 4.69) is 17.8 Å². The van der Waals surface area contributed by atoms with Crippen molar-refractivity contribution in [1.29, 1.82) is 0 Å². The predicted octanol–water partition coefficient (Wildman–Crippen LogP) is 3.39. The van der Waals surface area contributed by atoms with Gasteiger partial charge in [0.1, 0.15) is 6.04 Å². The van der Waals surface area contributed by atoms with Crippen molar-refractivity contribution in [3.8, 4) is 0 Å². The SMILES string of the molecule is CCCCCCCCCCCCC(=O)C(=O)NN[C@@H](CC(C)C)C(N)=O. The first-order valence-corrected chi connectivity index (χ1v) is 10.3. The van der Waals surface area contributed by atoms with Gasteiger partial charge in [-0.1, -0.05) is 78.6 Å². The summed E-state index contributed by atoms with van der Waals surface area (Å²) >= 11 is 0. The first-order valence-electron chi connectivity index (χ1n) is 10.3. The average Bonchev–Trinajstić information content (AvgIpc) is 2.59. The topological polar surface area (TPSA) is 101 Å². The van der Waals surface area contributed by atoms with Gasteiger partial charge in [-0.2, -0.15) is 0 Å². The second kappa shape index (κ2) is 15.8. The maximum absolute atomic E-state index is 11.8. The summed E-state index contributed by atoms with van der Waals surface area (Å²) in [5.41, 5.74) is 10.2. The monoisotopic (exact) mass is 369 g/mol. The number of ketones is 1. The van der Waals surface area contributed by atoms with Crippen molar-refractivity contribution in [2.24, 2.45) is 11.7 Å². The van der Waals surface area contributed by atoms with Crippen molar-refractivity contribution < 1.29 is 14.4 Å². The number of carbonyl (C=O) groups excluding carboxylic acids is 3. The number of hydrazine groups is 1. The highest BCUT2D eigenvalue weighted by molar-refractivity contribution is 6.36. The van der Waals surface area contributed by atoms with Crippen LogP contribution >= 0.6 is 0 Å². The second-order valence-corrected chi connectivity index (χ2v) is 7.54. The van der Waals surface area contributed by atoms with Crippen molar-refractivity contribution in [2.45, 2.75) is 104 Å². The van der Waals surface area contributed by atoms with Crippen molar-refractivity contribution >= 4 is 17.6 Å². The van der Waals surface area contributed by atoms with Crippen molar-refractivity contribution in [1.82, 2.24) is 10.9 Å². The molecule has 0 aliphatic heterocycles. The molecule has 0 aromatic rings. The van der Waals surface area contributed by atoms with Gasteiger partial charge in [-0.15, -0.1) is 0 Å². The lowest BCUT2D eigenvalue weighted by atomic mass is 10.0. The fourth-order valence-corrected chi connectivity index (χ4v) is 2.83. The fourth-order valence-electron chi connectivity index (χ4n) is 2.83. The Bertz CT molecular complexity index is 411. The Balaban J connectivity index is 3.73. The van der Waals surface area contributed by atoms with Gasteiger partial charge >= 0.3 is 5.91 Å². The summed E-state index contributed by atoms with van der Waals surface area (Å²) in [6, 6.07) is -0.663. The van der Waals surface area contributed by atoms with E-state index in [0.717, 1.165) is 19.3 Å². The van der Waals surface area contributed by atoms with Crippen LogP contribution in [-0.2, 0) is 14.4 Å². The van der Waals surface area contributed by atoms with E-state index in [4.69, 9.17) is 5.73 Å². The number of hydrogen-bond donors (Lipinski definition) is 3. The van der Waals surface area contributed by atoms with E-state index >= 15 is 0 Å². The summed E-state index contributed by atoms with van der Waals surface area (Å²) in [7, 11) is 0. The van der Waals surface area contributed by atoms with Crippen LogP contribution in [0.15, 0.2) is 0 Å². The minimum atomic E-state index is -0.698. The van der Waals surface area contributed by atoms with E-state index in [0.29, 0.717) is 6.42 Å².